The van der Waals surface area contributed by atoms with Crippen LogP contribution in [0.3, 0.4) is 0 Å². The van der Waals surface area contributed by atoms with Crippen LogP contribution in [0.5, 0.6) is 0 Å². The minimum absolute atomic E-state index is 0.213. The number of rotatable bonds is 5. The van der Waals surface area contributed by atoms with Crippen LogP contribution in [0.1, 0.15) is 67.9 Å². The first-order valence-corrected chi connectivity index (χ1v) is 35.7. The molecule has 1 unspecified atom stereocenters. The molecule has 1 atom stereocenters. The summed E-state index contributed by atoms with van der Waals surface area (Å²) in [7, 11) is -9.13. The van der Waals surface area contributed by atoms with Gasteiger partial charge < -0.3 is 0 Å². The smallest absolute Gasteiger partial charge is 0.116 e. The van der Waals surface area contributed by atoms with Gasteiger partial charge in [-0.2, -0.15) is 0 Å². The van der Waals surface area contributed by atoms with Crippen LogP contribution >= 0.6 is 0 Å². The number of para-hydroxylation sites is 1. The molecule has 37 heavy (non-hydrogen) atoms. The van der Waals surface area contributed by atoms with E-state index >= 15 is 0 Å². The second-order valence-corrected chi connectivity index (χ2v) is 78.3. The lowest BCUT2D eigenvalue weighted by atomic mass is 10.2. The molecule has 0 spiro atoms. The van der Waals surface area contributed by atoms with E-state index in [2.05, 4.69) is 153 Å². The van der Waals surface area contributed by atoms with Crippen LogP contribution in [-0.4, -0.2) is 49.5 Å². The van der Waals surface area contributed by atoms with E-state index in [1.54, 1.807) is 5.19 Å². The van der Waals surface area contributed by atoms with Gasteiger partial charge in [0.1, 0.15) is 15.7 Å². The first-order valence-electron chi connectivity index (χ1n) is 14.7. The van der Waals surface area contributed by atoms with Gasteiger partial charge >= 0.3 is 0 Å². The fourth-order valence-electron chi connectivity index (χ4n) is 12.5. The lowest BCUT2D eigenvalue weighted by molar-refractivity contribution is 0.552. The highest BCUT2D eigenvalue weighted by atomic mass is 30.2. The Balaban J connectivity index is 3.48. The van der Waals surface area contributed by atoms with E-state index < -0.39 is 44.6 Å². The molecule has 2 rings (SSSR count). The topological polar surface area (TPSA) is 12.4 Å². The van der Waals surface area contributed by atoms with Gasteiger partial charge in [-0.3, -0.25) is 4.99 Å². The molecule has 1 heterocycles. The molecule has 212 valence electrons. The maximum absolute atomic E-state index is 6.12. The molecule has 1 aromatic carbocycles. The highest BCUT2D eigenvalue weighted by molar-refractivity contribution is 8.11. The van der Waals surface area contributed by atoms with Gasteiger partial charge in [-0.1, -0.05) is 146 Å². The predicted octanol–water partition coefficient (Wildman–Crippen LogP) is 10.1. The molecular formula is C30H63NSi6. The van der Waals surface area contributed by atoms with Crippen LogP contribution in [0, 0.1) is 6.92 Å². The number of aliphatic imine (C=N–C) groups is 1. The largest absolute Gasteiger partial charge is 0.267 e. The van der Waals surface area contributed by atoms with E-state index in [9.17, 15) is 0 Å². The molecule has 0 fully saturated rings. The second-order valence-electron chi connectivity index (χ2n) is 18.6. The third-order valence-electron chi connectivity index (χ3n) is 10.3. The van der Waals surface area contributed by atoms with Crippen LogP contribution < -0.4 is 5.19 Å². The Morgan fingerprint density at radius 3 is 1.27 bits per heavy atom. The Morgan fingerprint density at radius 2 is 0.973 bits per heavy atom. The normalized spacial score (nSPS) is 20.7. The zero-order valence-corrected chi connectivity index (χ0v) is 34.7. The van der Waals surface area contributed by atoms with Crippen LogP contribution in [0.15, 0.2) is 23.2 Å². The zero-order chi connectivity index (χ0) is 29.6. The van der Waals surface area contributed by atoms with Crippen LogP contribution in [0.4, 0.5) is 5.69 Å². The molecular weight excluding hydrogens is 543 g/mol. The summed E-state index contributed by atoms with van der Waals surface area (Å²) in [5, 5.41) is 2.40. The summed E-state index contributed by atoms with van der Waals surface area (Å²) in [5.74, 6) is 0. The Bertz CT molecular complexity index is 990. The number of hydrogen-bond donors (Lipinski definition) is 0. The zero-order valence-electron chi connectivity index (χ0n) is 28.7. The lowest BCUT2D eigenvalue weighted by Gasteiger charge is -2.69. The van der Waals surface area contributed by atoms with E-state index in [1.165, 1.54) is 11.3 Å². The number of benzene rings is 1. The number of hydrogen-bond acceptors (Lipinski definition) is 1. The molecule has 0 aromatic heterocycles. The molecule has 7 heteroatoms. The number of nitrogens with zero attached hydrogens (tertiary/aromatic N) is 1. The summed E-state index contributed by atoms with van der Waals surface area (Å²) in [6.07, 6.45) is -1.82. The molecule has 1 nitrogen and oxygen atoms in total. The maximum Gasteiger partial charge on any atom is 0.116 e. The van der Waals surface area contributed by atoms with Crippen molar-refractivity contribution in [1.82, 2.24) is 0 Å². The van der Waals surface area contributed by atoms with Gasteiger partial charge in [-0.25, -0.2) is 0 Å². The highest BCUT2D eigenvalue weighted by Gasteiger charge is 2.78. The molecule has 0 saturated heterocycles. The van der Waals surface area contributed by atoms with Crippen molar-refractivity contribution in [2.75, 3.05) is 0 Å². The van der Waals surface area contributed by atoms with Crippen molar-refractivity contribution in [2.24, 2.45) is 4.99 Å². The Kier molecular flexibility index (Phi) is 8.21. The summed E-state index contributed by atoms with van der Waals surface area (Å²) in [6.45, 7) is 54.0. The highest BCUT2D eigenvalue weighted by Crippen LogP contribution is 2.65. The molecule has 0 amide bonds. The fraction of sp³-hybridized carbons (Fsp3) is 0.767. The van der Waals surface area contributed by atoms with Gasteiger partial charge in [0.25, 0.3) is 0 Å². The van der Waals surface area contributed by atoms with Crippen molar-refractivity contribution < 1.29 is 0 Å². The molecule has 0 saturated carbocycles. The van der Waals surface area contributed by atoms with Gasteiger partial charge in [0.15, 0.2) is 0 Å². The average Bonchev–Trinajstić information content (AvgIpc) is 2.82. The minimum Gasteiger partial charge on any atom is -0.267 e. The van der Waals surface area contributed by atoms with E-state index in [0.29, 0.717) is 0 Å². The Labute approximate surface area is 238 Å². The summed E-state index contributed by atoms with van der Waals surface area (Å²) in [5.41, 5.74) is 2.82. The molecule has 0 N–H and O–H groups in total. The van der Waals surface area contributed by atoms with Crippen molar-refractivity contribution in [1.29, 1.82) is 0 Å². The van der Waals surface area contributed by atoms with E-state index in [4.69, 9.17) is 4.99 Å². The summed E-state index contributed by atoms with van der Waals surface area (Å²) in [4.78, 5) is 7.97. The van der Waals surface area contributed by atoms with Gasteiger partial charge in [-0.15, -0.1) is 0 Å². The van der Waals surface area contributed by atoms with Crippen molar-refractivity contribution in [3.63, 3.8) is 0 Å². The second kappa shape index (κ2) is 9.10. The minimum atomic E-state index is -2.26. The van der Waals surface area contributed by atoms with Crippen molar-refractivity contribution in [2.45, 2.75) is 150 Å². The first kappa shape index (κ1) is 33.4. The quantitative estimate of drug-likeness (QED) is 0.296. The van der Waals surface area contributed by atoms with Gasteiger partial charge in [0.2, 0.25) is 0 Å². The molecule has 0 radical (unpaired) electrons. The van der Waals surface area contributed by atoms with E-state index in [1.807, 2.05) is 4.96 Å². The molecule has 0 bridgehead atoms. The van der Waals surface area contributed by atoms with Crippen molar-refractivity contribution >= 4 is 60.4 Å². The fourth-order valence-corrected chi connectivity index (χ4v) is 194. The van der Waals surface area contributed by atoms with Gasteiger partial charge in [-0.05, 0) is 37.7 Å². The molecule has 1 aromatic rings. The summed E-state index contributed by atoms with van der Waals surface area (Å²) < 4.78 is 0. The number of aryl methyl sites for hydroxylation is 1. The predicted molar refractivity (Wildman–Crippen MR) is 190 cm³/mol. The Morgan fingerprint density at radius 1 is 0.622 bits per heavy atom. The SMILES string of the molecule is Cc1cccc2c1N=C([Si](C(C)(C)C)(C(C)(C)C)C(C)(C)C)[Si]2(C)[Si]([Si](C)(C)C)([Si](C)(C)C)[Si](C)(C)C. The van der Waals surface area contributed by atoms with E-state index in [0.717, 1.165) is 0 Å². The van der Waals surface area contributed by atoms with Crippen LogP contribution in [-0.2, 0) is 0 Å². The molecule has 0 aliphatic carbocycles. The average molecular weight is 606 g/mol. The third kappa shape index (κ3) is 4.30. The van der Waals surface area contributed by atoms with Crippen LogP contribution in [0.25, 0.3) is 0 Å². The standard InChI is InChI=1S/C30H63NSi6/c1-24-22-21-23-25-26(24)31-27(36(28(2,3)4,29(5,6)7)30(8,9)10)35(25,20)37(32(11,12)13,33(14,15)16)34(17,18)19/h21-23H,1-20H3. The van der Waals surface area contributed by atoms with Gasteiger partial charge in [0, 0.05) is 28.9 Å². The van der Waals surface area contributed by atoms with E-state index in [-0.39, 0.29) is 15.1 Å². The molecule has 1 aliphatic rings. The van der Waals surface area contributed by atoms with Crippen LogP contribution in [0.2, 0.25) is 80.6 Å². The van der Waals surface area contributed by atoms with Crippen molar-refractivity contribution in [3.05, 3.63) is 23.8 Å². The molecule has 1 aliphatic heterocycles. The first-order chi connectivity index (χ1) is 16.0. The van der Waals surface area contributed by atoms with Gasteiger partial charge in [0.05, 0.1) is 5.69 Å². The maximum atomic E-state index is 6.12. The number of fused-ring (bicyclic) bond motifs is 1. The monoisotopic (exact) mass is 605 g/mol. The summed E-state index contributed by atoms with van der Waals surface area (Å²) in [6, 6.07) is 7.33. The summed E-state index contributed by atoms with van der Waals surface area (Å²) >= 11 is 0. The third-order valence-corrected chi connectivity index (χ3v) is 133. The Hall–Kier alpha value is 0.191. The lowest BCUT2D eigenvalue weighted by Crippen LogP contribution is -2.98. The van der Waals surface area contributed by atoms with Crippen molar-refractivity contribution in [3.8, 4) is 0 Å².